The Morgan fingerprint density at radius 3 is 1.53 bits per heavy atom. The summed E-state index contributed by atoms with van der Waals surface area (Å²) in [6.45, 7) is 5.07. The molecule has 1 saturated heterocycles. The molecule has 3 N–H and O–H groups in total. The van der Waals surface area contributed by atoms with Crippen molar-refractivity contribution < 1.29 is 15.3 Å². The van der Waals surface area contributed by atoms with Crippen molar-refractivity contribution in [1.82, 2.24) is 9.80 Å². The molecule has 2 aromatic rings. The minimum Gasteiger partial charge on any atom is -0.507 e. The van der Waals surface area contributed by atoms with Gasteiger partial charge in [-0.2, -0.15) is 0 Å². The Morgan fingerprint density at radius 1 is 0.719 bits per heavy atom. The van der Waals surface area contributed by atoms with Gasteiger partial charge in [0, 0.05) is 82.9 Å². The van der Waals surface area contributed by atoms with Crippen molar-refractivity contribution in [2.24, 2.45) is 9.98 Å². The van der Waals surface area contributed by atoms with E-state index in [0.717, 1.165) is 46.3 Å². The lowest BCUT2D eigenvalue weighted by Crippen LogP contribution is -2.45. The fourth-order valence-corrected chi connectivity index (χ4v) is 5.03. The van der Waals surface area contributed by atoms with Crippen LogP contribution in [-0.4, -0.2) is 82.9 Å². The summed E-state index contributed by atoms with van der Waals surface area (Å²) in [6.07, 6.45) is 2.42. The maximum Gasteiger partial charge on any atom is 0.128 e. The largest absolute Gasteiger partial charge is 0.507 e. The van der Waals surface area contributed by atoms with E-state index in [-0.39, 0.29) is 24.6 Å². The lowest BCUT2D eigenvalue weighted by molar-refractivity contribution is 0.120. The highest BCUT2D eigenvalue weighted by molar-refractivity contribution is 9.10. The van der Waals surface area contributed by atoms with Crippen LogP contribution in [0.5, 0.6) is 11.5 Å². The van der Waals surface area contributed by atoms with E-state index in [9.17, 15) is 15.3 Å². The highest BCUT2D eigenvalue weighted by atomic mass is 79.9. The second-order valence-electron chi connectivity index (χ2n) is 8.20. The average molecular weight is 566 g/mol. The molecule has 1 fully saturated rings. The predicted octanol–water partition coefficient (Wildman–Crippen LogP) is 3.15. The Labute approximate surface area is 204 Å². The number of aliphatic hydroxyl groups excluding tert-OH is 1. The standard InChI is InChI=1S/C23H26Br2N4O3/c24-19-5-15-9-26-11-21(30)12-27-10-16-6-20(25)8-18(23(16)32)14-29-2-1-28(3-4-29)13-17(7-19)22(15)31/h5-10,21,30-32H,1-4,11-14H2. The van der Waals surface area contributed by atoms with Crippen LogP contribution in [0.25, 0.3) is 0 Å². The van der Waals surface area contributed by atoms with Crippen LogP contribution in [0.4, 0.5) is 0 Å². The van der Waals surface area contributed by atoms with E-state index in [1.807, 2.05) is 24.3 Å². The fourth-order valence-electron chi connectivity index (χ4n) is 3.99. The number of aliphatic hydroxyl groups is 1. The fraction of sp³-hybridized carbons (Fsp3) is 0.391. The minimum absolute atomic E-state index is 0.162. The average Bonchev–Trinajstić information content (AvgIpc) is 2.75. The summed E-state index contributed by atoms with van der Waals surface area (Å²) in [7, 11) is 0. The van der Waals surface area contributed by atoms with Gasteiger partial charge in [0.1, 0.15) is 11.5 Å². The molecule has 0 amide bonds. The minimum atomic E-state index is -0.764. The van der Waals surface area contributed by atoms with Crippen LogP contribution >= 0.6 is 31.9 Å². The Balaban J connectivity index is 1.64. The second kappa shape index (κ2) is 10.4. The molecule has 9 heteroatoms. The first-order valence-corrected chi connectivity index (χ1v) is 12.1. The number of rotatable bonds is 0. The number of hydrogen-bond donors (Lipinski definition) is 3. The van der Waals surface area contributed by atoms with Crippen LogP contribution in [0.1, 0.15) is 22.3 Å². The molecule has 0 atom stereocenters. The van der Waals surface area contributed by atoms with Gasteiger partial charge >= 0.3 is 0 Å². The van der Waals surface area contributed by atoms with E-state index in [2.05, 4.69) is 51.6 Å². The summed E-state index contributed by atoms with van der Waals surface area (Å²) in [5, 5.41) is 31.8. The normalized spacial score (nSPS) is 24.0. The first-order chi connectivity index (χ1) is 15.4. The number of hydrogen-bond acceptors (Lipinski definition) is 7. The number of benzene rings is 2. The van der Waals surface area contributed by atoms with E-state index in [4.69, 9.17) is 0 Å². The first-order valence-electron chi connectivity index (χ1n) is 10.5. The van der Waals surface area contributed by atoms with Crippen molar-refractivity contribution in [2.45, 2.75) is 19.2 Å². The third-order valence-corrected chi connectivity index (χ3v) is 6.63. The van der Waals surface area contributed by atoms with Crippen molar-refractivity contribution in [3.8, 4) is 11.5 Å². The van der Waals surface area contributed by atoms with Gasteiger partial charge < -0.3 is 15.3 Å². The summed E-state index contributed by atoms with van der Waals surface area (Å²) in [6, 6.07) is 7.51. The van der Waals surface area contributed by atoms with E-state index in [0.29, 0.717) is 24.2 Å². The van der Waals surface area contributed by atoms with Gasteiger partial charge in [0.05, 0.1) is 19.2 Å². The van der Waals surface area contributed by atoms with Crippen LogP contribution in [0.2, 0.25) is 0 Å². The van der Waals surface area contributed by atoms with Crippen molar-refractivity contribution in [3.63, 3.8) is 0 Å². The van der Waals surface area contributed by atoms with Gasteiger partial charge in [0.25, 0.3) is 0 Å². The van der Waals surface area contributed by atoms with Crippen molar-refractivity contribution in [2.75, 3.05) is 39.3 Å². The molecule has 0 radical (unpaired) electrons. The molecular formula is C23H26Br2N4O3. The smallest absolute Gasteiger partial charge is 0.128 e. The zero-order valence-electron chi connectivity index (χ0n) is 17.6. The lowest BCUT2D eigenvalue weighted by atomic mass is 10.1. The topological polar surface area (TPSA) is 91.9 Å². The molecule has 5 rings (SSSR count). The maximum absolute atomic E-state index is 10.8. The number of phenols is 2. The Morgan fingerprint density at radius 2 is 1.12 bits per heavy atom. The van der Waals surface area contributed by atoms with Gasteiger partial charge in [-0.05, 0) is 24.3 Å². The molecule has 0 unspecified atom stereocenters. The lowest BCUT2D eigenvalue weighted by Gasteiger charge is -2.35. The monoisotopic (exact) mass is 564 g/mol. The summed E-state index contributed by atoms with van der Waals surface area (Å²) in [4.78, 5) is 13.2. The number of fused-ring (bicyclic) bond motifs is 6. The Bertz CT molecular complexity index is 955. The zero-order valence-corrected chi connectivity index (χ0v) is 20.8. The molecule has 2 aromatic carbocycles. The van der Waals surface area contributed by atoms with Crippen LogP contribution in [0.15, 0.2) is 43.2 Å². The van der Waals surface area contributed by atoms with Gasteiger partial charge in [-0.1, -0.05) is 31.9 Å². The summed E-state index contributed by atoms with van der Waals surface area (Å²) in [5.41, 5.74) is 2.91. The number of halogens is 2. The van der Waals surface area contributed by atoms with Crippen molar-refractivity contribution in [1.29, 1.82) is 0 Å². The molecule has 3 heterocycles. The summed E-state index contributed by atoms with van der Waals surface area (Å²) >= 11 is 7.06. The van der Waals surface area contributed by atoms with Crippen LogP contribution in [0.3, 0.4) is 0 Å². The van der Waals surface area contributed by atoms with E-state index < -0.39 is 6.10 Å². The second-order valence-corrected chi connectivity index (χ2v) is 10.0. The Hall–Kier alpha value is -1.78. The zero-order chi connectivity index (χ0) is 22.7. The number of phenolic OH excluding ortho intramolecular Hbond substituents is 2. The molecule has 3 aliphatic rings. The van der Waals surface area contributed by atoms with Crippen LogP contribution in [0, 0.1) is 0 Å². The first kappa shape index (κ1) is 23.4. The molecule has 0 spiro atoms. The molecule has 0 saturated carbocycles. The molecular weight excluding hydrogens is 540 g/mol. The number of nitrogens with zero attached hydrogens (tertiary/aromatic N) is 4. The van der Waals surface area contributed by atoms with Crippen LogP contribution < -0.4 is 0 Å². The van der Waals surface area contributed by atoms with Gasteiger partial charge in [0.2, 0.25) is 0 Å². The molecule has 0 aliphatic carbocycles. The molecule has 32 heavy (non-hydrogen) atoms. The quantitative estimate of drug-likeness (QED) is 0.456. The van der Waals surface area contributed by atoms with Gasteiger partial charge in [-0.3, -0.25) is 19.8 Å². The SMILES string of the molecule is Oc1c2cc(Br)cc1CN1CCN(CC1)Cc1cc(Br)cc(c1O)C=NCC(O)CN=C2. The highest BCUT2D eigenvalue weighted by Crippen LogP contribution is 2.30. The van der Waals surface area contributed by atoms with E-state index in [1.165, 1.54) is 0 Å². The summed E-state index contributed by atoms with van der Waals surface area (Å²) in [5.74, 6) is 0.436. The Kier molecular flexibility index (Phi) is 7.63. The highest BCUT2D eigenvalue weighted by Gasteiger charge is 2.21. The van der Waals surface area contributed by atoms with Crippen LogP contribution in [-0.2, 0) is 13.1 Å². The predicted molar refractivity (Wildman–Crippen MR) is 133 cm³/mol. The third kappa shape index (κ3) is 5.77. The molecule has 3 aliphatic heterocycles. The summed E-state index contributed by atoms with van der Waals surface area (Å²) < 4.78 is 1.75. The number of aromatic hydroxyl groups is 2. The van der Waals surface area contributed by atoms with Crippen molar-refractivity contribution >= 4 is 44.3 Å². The van der Waals surface area contributed by atoms with Gasteiger partial charge in [-0.15, -0.1) is 0 Å². The number of piperazine rings is 1. The molecule has 170 valence electrons. The molecule has 6 bridgehead atoms. The van der Waals surface area contributed by atoms with E-state index in [1.54, 1.807) is 12.4 Å². The van der Waals surface area contributed by atoms with Gasteiger partial charge in [0.15, 0.2) is 0 Å². The maximum atomic E-state index is 10.8. The van der Waals surface area contributed by atoms with E-state index >= 15 is 0 Å². The van der Waals surface area contributed by atoms with Crippen molar-refractivity contribution in [3.05, 3.63) is 55.5 Å². The third-order valence-electron chi connectivity index (χ3n) is 5.71. The van der Waals surface area contributed by atoms with Gasteiger partial charge in [-0.25, -0.2) is 0 Å². The molecule has 7 nitrogen and oxygen atoms in total. The molecule has 0 aromatic heterocycles. The number of aliphatic imine (C=N–C) groups is 2.